The van der Waals surface area contributed by atoms with Crippen LogP contribution in [0, 0.1) is 5.92 Å². The summed E-state index contributed by atoms with van der Waals surface area (Å²) in [5, 5.41) is 18.1. The molecule has 1 heterocycles. The number of hydrogen-bond donors (Lipinski definition) is 4. The van der Waals surface area contributed by atoms with Crippen LogP contribution in [0.25, 0.3) is 0 Å². The molecule has 1 aromatic carbocycles. The van der Waals surface area contributed by atoms with Crippen molar-refractivity contribution in [1.29, 1.82) is 0 Å². The molecule has 2 unspecified atom stereocenters. The highest BCUT2D eigenvalue weighted by Crippen LogP contribution is 2.30. The number of nitrogens with zero attached hydrogens (tertiary/aromatic N) is 2. The van der Waals surface area contributed by atoms with E-state index in [4.69, 9.17) is 5.84 Å². The van der Waals surface area contributed by atoms with Crippen molar-refractivity contribution >= 4 is 30.0 Å². The molecule has 3 rings (SSSR count). The maximum Gasteiger partial charge on any atom is 0.325 e. The highest BCUT2D eigenvalue weighted by molar-refractivity contribution is 6.09. The van der Waals surface area contributed by atoms with Gasteiger partial charge in [-0.3, -0.25) is 19.3 Å². The van der Waals surface area contributed by atoms with Crippen molar-refractivity contribution in [2.75, 3.05) is 6.54 Å². The number of carboxylic acid groups (broad SMARTS) is 1. The number of rotatable bonds is 8. The molecule has 2 atom stereocenters. The molecule has 2 fully saturated rings. The third-order valence-electron chi connectivity index (χ3n) is 6.25. The highest BCUT2D eigenvalue weighted by Gasteiger charge is 2.49. The van der Waals surface area contributed by atoms with Crippen molar-refractivity contribution in [3.63, 3.8) is 0 Å². The van der Waals surface area contributed by atoms with E-state index >= 15 is 0 Å². The van der Waals surface area contributed by atoms with Crippen LogP contribution in [0.5, 0.6) is 0 Å². The number of carboxylic acids is 1. The molecule has 10 heteroatoms. The number of aliphatic carboxylic acids is 1. The minimum atomic E-state index is -1.32. The van der Waals surface area contributed by atoms with Crippen LogP contribution < -0.4 is 16.5 Å². The molecule has 4 amide bonds. The Kier molecular flexibility index (Phi) is 7.12. The molecular formula is C22H29N5O5. The summed E-state index contributed by atoms with van der Waals surface area (Å²) >= 11 is 0. The van der Waals surface area contributed by atoms with Gasteiger partial charge < -0.3 is 21.6 Å². The number of hydrogen-bond acceptors (Lipinski definition) is 6. The van der Waals surface area contributed by atoms with E-state index < -0.39 is 41.9 Å². The van der Waals surface area contributed by atoms with Gasteiger partial charge in [-0.15, -0.1) is 0 Å². The topological polar surface area (TPSA) is 154 Å². The van der Waals surface area contributed by atoms with Gasteiger partial charge in [0, 0.05) is 6.04 Å². The highest BCUT2D eigenvalue weighted by atomic mass is 16.4. The molecule has 32 heavy (non-hydrogen) atoms. The number of imide groups is 1. The Morgan fingerprint density at radius 1 is 1.28 bits per heavy atom. The van der Waals surface area contributed by atoms with Gasteiger partial charge in [0.1, 0.15) is 12.1 Å². The number of nitrogens with one attached hydrogen (secondary N) is 2. The Hall–Kier alpha value is -3.43. The molecule has 0 radical (unpaired) electrons. The van der Waals surface area contributed by atoms with Gasteiger partial charge in [-0.05, 0) is 36.8 Å². The molecule has 0 aromatic heterocycles. The zero-order valence-corrected chi connectivity index (χ0v) is 18.0. The van der Waals surface area contributed by atoms with Crippen LogP contribution >= 0.6 is 0 Å². The molecule has 172 valence electrons. The molecule has 1 saturated heterocycles. The summed E-state index contributed by atoms with van der Waals surface area (Å²) in [6.45, 7) is 1.10. The molecule has 0 spiro atoms. The lowest BCUT2D eigenvalue weighted by molar-refractivity contribution is -0.139. The van der Waals surface area contributed by atoms with Crippen LogP contribution in [0.15, 0.2) is 29.4 Å². The Morgan fingerprint density at radius 2 is 1.94 bits per heavy atom. The van der Waals surface area contributed by atoms with Crippen molar-refractivity contribution in [2.24, 2.45) is 16.9 Å². The first-order valence-corrected chi connectivity index (χ1v) is 10.7. The zero-order chi connectivity index (χ0) is 23.3. The SMILES string of the molecule is CC1(c2ccc(C=NN)cc2)NC(=O)N(CC(=O)NC(CC(=O)O)C2CCCCC2)C1=O. The number of urea groups is 1. The van der Waals surface area contributed by atoms with Gasteiger partial charge in [-0.1, -0.05) is 43.5 Å². The van der Waals surface area contributed by atoms with Crippen LogP contribution in [0.3, 0.4) is 0 Å². The van der Waals surface area contributed by atoms with Crippen molar-refractivity contribution in [3.8, 4) is 0 Å². The fourth-order valence-electron chi connectivity index (χ4n) is 4.48. The number of carbonyl (C=O) groups excluding carboxylic acids is 3. The molecule has 10 nitrogen and oxygen atoms in total. The summed E-state index contributed by atoms with van der Waals surface area (Å²) in [5.41, 5.74) is -0.0292. The lowest BCUT2D eigenvalue weighted by Gasteiger charge is -2.30. The molecular weight excluding hydrogens is 414 g/mol. The van der Waals surface area contributed by atoms with Gasteiger partial charge in [-0.2, -0.15) is 5.10 Å². The van der Waals surface area contributed by atoms with Crippen LogP contribution in [0.2, 0.25) is 0 Å². The second-order valence-electron chi connectivity index (χ2n) is 8.52. The number of amides is 4. The first-order chi connectivity index (χ1) is 15.2. The van der Waals surface area contributed by atoms with Gasteiger partial charge in [0.25, 0.3) is 5.91 Å². The minimum absolute atomic E-state index is 0.0766. The van der Waals surface area contributed by atoms with Gasteiger partial charge in [-0.25, -0.2) is 4.79 Å². The van der Waals surface area contributed by atoms with Crippen LogP contribution in [0.1, 0.15) is 56.6 Å². The summed E-state index contributed by atoms with van der Waals surface area (Å²) < 4.78 is 0. The fourth-order valence-corrected chi connectivity index (χ4v) is 4.48. The quantitative estimate of drug-likeness (QED) is 0.205. The molecule has 1 aromatic rings. The smallest absolute Gasteiger partial charge is 0.325 e. The normalized spacial score (nSPS) is 22.7. The standard InChI is InChI=1S/C22H29N5O5/c1-22(16-9-7-14(8-10-16)12-24-23)20(31)27(21(32)26-22)13-18(28)25-17(11-19(29)30)15-5-3-2-4-6-15/h7-10,12,15,17H,2-6,11,13,23H2,1H3,(H,25,28)(H,26,32)(H,29,30). The van der Waals surface area contributed by atoms with E-state index in [1.165, 1.54) is 6.21 Å². The maximum absolute atomic E-state index is 13.1. The van der Waals surface area contributed by atoms with Crippen LogP contribution in [-0.4, -0.2) is 52.6 Å². The summed E-state index contributed by atoms with van der Waals surface area (Å²) in [6, 6.07) is 5.60. The fraction of sp³-hybridized carbons (Fsp3) is 0.500. The largest absolute Gasteiger partial charge is 0.481 e. The van der Waals surface area contributed by atoms with Gasteiger partial charge in [0.2, 0.25) is 5.91 Å². The van der Waals surface area contributed by atoms with Gasteiger partial charge >= 0.3 is 12.0 Å². The summed E-state index contributed by atoms with van der Waals surface area (Å²) in [4.78, 5) is 50.4. The predicted molar refractivity (Wildman–Crippen MR) is 117 cm³/mol. The molecule has 1 aliphatic carbocycles. The number of hydrazone groups is 1. The Morgan fingerprint density at radius 3 is 2.53 bits per heavy atom. The molecule has 1 aliphatic heterocycles. The van der Waals surface area contributed by atoms with E-state index in [0.717, 1.165) is 42.6 Å². The number of nitrogens with two attached hydrogens (primary N) is 1. The third kappa shape index (κ3) is 5.06. The Labute approximate surface area is 186 Å². The molecule has 0 bridgehead atoms. The average molecular weight is 444 g/mol. The summed E-state index contributed by atoms with van der Waals surface area (Å²) in [7, 11) is 0. The van der Waals surface area contributed by atoms with Gasteiger partial charge in [0.15, 0.2) is 0 Å². The average Bonchev–Trinajstić information content (AvgIpc) is 2.98. The second kappa shape index (κ2) is 9.80. The number of benzene rings is 1. The second-order valence-corrected chi connectivity index (χ2v) is 8.52. The van der Waals surface area contributed by atoms with E-state index in [9.17, 15) is 24.3 Å². The third-order valence-corrected chi connectivity index (χ3v) is 6.25. The van der Waals surface area contributed by atoms with Crippen LogP contribution in [-0.2, 0) is 19.9 Å². The molecule has 2 aliphatic rings. The van der Waals surface area contributed by atoms with Gasteiger partial charge in [0.05, 0.1) is 12.6 Å². The lowest BCUT2D eigenvalue weighted by Crippen LogP contribution is -2.48. The maximum atomic E-state index is 13.1. The van der Waals surface area contributed by atoms with Crippen molar-refractivity contribution < 1.29 is 24.3 Å². The summed E-state index contributed by atoms with van der Waals surface area (Å²) in [5.74, 6) is 3.12. The first-order valence-electron chi connectivity index (χ1n) is 10.7. The van der Waals surface area contributed by atoms with E-state index in [1.807, 2.05) is 0 Å². The Balaban J connectivity index is 1.69. The number of carbonyl (C=O) groups is 4. The van der Waals surface area contributed by atoms with Crippen LogP contribution in [0.4, 0.5) is 4.79 Å². The van der Waals surface area contributed by atoms with Crippen molar-refractivity contribution in [3.05, 3.63) is 35.4 Å². The van der Waals surface area contributed by atoms with E-state index in [-0.39, 0.29) is 12.3 Å². The summed E-state index contributed by atoms with van der Waals surface area (Å²) in [6.07, 6.45) is 6.07. The lowest BCUT2D eigenvalue weighted by atomic mass is 9.82. The van der Waals surface area contributed by atoms with E-state index in [2.05, 4.69) is 15.7 Å². The molecule has 5 N–H and O–H groups in total. The molecule has 1 saturated carbocycles. The van der Waals surface area contributed by atoms with E-state index in [1.54, 1.807) is 31.2 Å². The minimum Gasteiger partial charge on any atom is -0.481 e. The van der Waals surface area contributed by atoms with E-state index in [0.29, 0.717) is 5.56 Å². The van der Waals surface area contributed by atoms with Crippen molar-refractivity contribution in [1.82, 2.24) is 15.5 Å². The Bertz CT molecular complexity index is 910. The monoisotopic (exact) mass is 443 g/mol. The van der Waals surface area contributed by atoms with Crippen molar-refractivity contribution in [2.45, 2.75) is 57.0 Å². The first kappa shape index (κ1) is 23.2. The zero-order valence-electron chi connectivity index (χ0n) is 18.0. The predicted octanol–water partition coefficient (Wildman–Crippen LogP) is 1.29.